The Balaban J connectivity index is 2.15. The van der Waals surface area contributed by atoms with Gasteiger partial charge in [0.25, 0.3) is 0 Å². The fourth-order valence-electron chi connectivity index (χ4n) is 1.83. The lowest BCUT2D eigenvalue weighted by molar-refractivity contribution is -0.111. The first-order valence-corrected chi connectivity index (χ1v) is 6.88. The monoisotopic (exact) mass is 321 g/mol. The molecule has 6 heteroatoms. The second-order valence-corrected chi connectivity index (χ2v) is 4.87. The number of carbonyl (C=O) groups is 1. The molecule has 1 aromatic heterocycles. The summed E-state index contributed by atoms with van der Waals surface area (Å²) in [4.78, 5) is 12.0. The van der Waals surface area contributed by atoms with Crippen molar-refractivity contribution >= 4 is 29.3 Å². The van der Waals surface area contributed by atoms with E-state index in [1.807, 2.05) is 13.0 Å². The zero-order valence-electron chi connectivity index (χ0n) is 12.5. The molecule has 0 saturated heterocycles. The maximum atomic E-state index is 12.0. The van der Waals surface area contributed by atoms with Crippen LogP contribution in [0.15, 0.2) is 34.8 Å². The van der Waals surface area contributed by atoms with Crippen molar-refractivity contribution in [3.05, 3.63) is 46.9 Å². The van der Waals surface area contributed by atoms with Crippen LogP contribution in [0.3, 0.4) is 0 Å². The van der Waals surface area contributed by atoms with Crippen LogP contribution in [0.5, 0.6) is 11.5 Å². The molecule has 22 heavy (non-hydrogen) atoms. The number of aryl methyl sites for hydroxylation is 1. The summed E-state index contributed by atoms with van der Waals surface area (Å²) >= 11 is 6.02. The molecular weight excluding hydrogens is 306 g/mol. The van der Waals surface area contributed by atoms with E-state index in [1.54, 1.807) is 24.3 Å². The van der Waals surface area contributed by atoms with Crippen molar-refractivity contribution in [3.8, 4) is 11.5 Å². The highest BCUT2D eigenvalue weighted by molar-refractivity contribution is 6.32. The number of carbonyl (C=O) groups excluding carboxylic acids is 1. The molecule has 2 aromatic rings. The molecule has 0 spiro atoms. The first kappa shape index (κ1) is 16.0. The molecule has 0 unspecified atom stereocenters. The van der Waals surface area contributed by atoms with Gasteiger partial charge in [0, 0.05) is 18.2 Å². The molecule has 0 bridgehead atoms. The average molecular weight is 322 g/mol. The standard InChI is InChI=1S/C16H16ClNO4/c1-10-4-5-11(22-10)6-7-16(19)18-13-9-14(20-2)12(17)8-15(13)21-3/h4-9H,1-3H3,(H,18,19). The van der Waals surface area contributed by atoms with E-state index in [0.29, 0.717) is 28.0 Å². The third-order valence-electron chi connectivity index (χ3n) is 2.89. The lowest BCUT2D eigenvalue weighted by Gasteiger charge is -2.12. The van der Waals surface area contributed by atoms with Crippen molar-refractivity contribution in [2.24, 2.45) is 0 Å². The number of furan rings is 1. The smallest absolute Gasteiger partial charge is 0.248 e. The minimum Gasteiger partial charge on any atom is -0.495 e. The van der Waals surface area contributed by atoms with Crippen LogP contribution < -0.4 is 14.8 Å². The van der Waals surface area contributed by atoms with Crippen molar-refractivity contribution in [2.45, 2.75) is 6.92 Å². The van der Waals surface area contributed by atoms with Crippen molar-refractivity contribution < 1.29 is 18.7 Å². The first-order chi connectivity index (χ1) is 10.5. The highest BCUT2D eigenvalue weighted by atomic mass is 35.5. The van der Waals surface area contributed by atoms with Crippen molar-refractivity contribution in [1.29, 1.82) is 0 Å². The zero-order chi connectivity index (χ0) is 16.1. The Kier molecular flexibility index (Phi) is 5.12. The summed E-state index contributed by atoms with van der Waals surface area (Å²) in [5.41, 5.74) is 0.467. The molecule has 0 radical (unpaired) electrons. The number of hydrogen-bond donors (Lipinski definition) is 1. The molecule has 1 amide bonds. The van der Waals surface area contributed by atoms with E-state index in [0.717, 1.165) is 5.76 Å². The van der Waals surface area contributed by atoms with Gasteiger partial charge in [-0.3, -0.25) is 4.79 Å². The Morgan fingerprint density at radius 2 is 1.95 bits per heavy atom. The van der Waals surface area contributed by atoms with Gasteiger partial charge < -0.3 is 19.2 Å². The molecule has 5 nitrogen and oxygen atoms in total. The third-order valence-corrected chi connectivity index (χ3v) is 3.19. The molecule has 1 N–H and O–H groups in total. The molecule has 0 saturated carbocycles. The van der Waals surface area contributed by atoms with E-state index >= 15 is 0 Å². The van der Waals surface area contributed by atoms with Gasteiger partial charge in [0.1, 0.15) is 23.0 Å². The van der Waals surface area contributed by atoms with Gasteiger partial charge in [-0.2, -0.15) is 0 Å². The first-order valence-electron chi connectivity index (χ1n) is 6.50. The van der Waals surface area contributed by atoms with Crippen molar-refractivity contribution in [2.75, 3.05) is 19.5 Å². The van der Waals surface area contributed by atoms with Gasteiger partial charge >= 0.3 is 0 Å². The number of ether oxygens (including phenoxy) is 2. The molecule has 0 aliphatic carbocycles. The number of amides is 1. The van der Waals surface area contributed by atoms with Crippen LogP contribution in [-0.4, -0.2) is 20.1 Å². The number of benzene rings is 1. The summed E-state index contributed by atoms with van der Waals surface area (Å²) < 4.78 is 15.7. The Labute approximate surface area is 133 Å². The fraction of sp³-hybridized carbons (Fsp3) is 0.188. The Morgan fingerprint density at radius 1 is 1.23 bits per heavy atom. The summed E-state index contributed by atoms with van der Waals surface area (Å²) in [7, 11) is 2.99. The predicted octanol–water partition coefficient (Wildman–Crippen LogP) is 3.91. The van der Waals surface area contributed by atoms with Crippen LogP contribution >= 0.6 is 11.6 Å². The topological polar surface area (TPSA) is 60.7 Å². The second-order valence-electron chi connectivity index (χ2n) is 4.46. The van der Waals surface area contributed by atoms with Crippen LogP contribution in [0.2, 0.25) is 5.02 Å². The molecule has 1 aromatic carbocycles. The van der Waals surface area contributed by atoms with E-state index in [2.05, 4.69) is 5.32 Å². The molecule has 116 valence electrons. The second kappa shape index (κ2) is 7.04. The predicted molar refractivity (Wildman–Crippen MR) is 85.7 cm³/mol. The Bertz CT molecular complexity index is 706. The quantitative estimate of drug-likeness (QED) is 0.848. The van der Waals surface area contributed by atoms with Gasteiger partial charge in [-0.25, -0.2) is 0 Å². The molecule has 1 heterocycles. The number of anilines is 1. The lowest BCUT2D eigenvalue weighted by Crippen LogP contribution is -2.09. The maximum absolute atomic E-state index is 12.0. The van der Waals surface area contributed by atoms with E-state index < -0.39 is 0 Å². The van der Waals surface area contributed by atoms with E-state index in [9.17, 15) is 4.79 Å². The van der Waals surface area contributed by atoms with Gasteiger partial charge in [0.2, 0.25) is 5.91 Å². The molecule has 0 aliphatic heterocycles. The van der Waals surface area contributed by atoms with Crippen LogP contribution in [0.25, 0.3) is 6.08 Å². The summed E-state index contributed by atoms with van der Waals surface area (Å²) in [5, 5.41) is 3.11. The number of halogens is 1. The Morgan fingerprint density at radius 3 is 2.55 bits per heavy atom. The van der Waals surface area contributed by atoms with Crippen LogP contribution in [0.4, 0.5) is 5.69 Å². The third kappa shape index (κ3) is 3.83. The number of rotatable bonds is 5. The van der Waals surface area contributed by atoms with E-state index in [1.165, 1.54) is 20.3 Å². The molecular formula is C16H16ClNO4. The highest BCUT2D eigenvalue weighted by Gasteiger charge is 2.11. The largest absolute Gasteiger partial charge is 0.495 e. The van der Waals surface area contributed by atoms with E-state index in [4.69, 9.17) is 25.5 Å². The van der Waals surface area contributed by atoms with Crippen LogP contribution in [0.1, 0.15) is 11.5 Å². The van der Waals surface area contributed by atoms with Crippen LogP contribution in [0, 0.1) is 6.92 Å². The number of hydrogen-bond acceptors (Lipinski definition) is 4. The van der Waals surface area contributed by atoms with Crippen molar-refractivity contribution in [1.82, 2.24) is 0 Å². The van der Waals surface area contributed by atoms with Gasteiger partial charge in [-0.1, -0.05) is 11.6 Å². The van der Waals surface area contributed by atoms with Gasteiger partial charge in [0.05, 0.1) is 24.9 Å². The Hall–Kier alpha value is -2.40. The summed E-state index contributed by atoms with van der Waals surface area (Å²) in [5.74, 6) is 1.96. The normalized spacial score (nSPS) is 10.7. The van der Waals surface area contributed by atoms with Crippen LogP contribution in [-0.2, 0) is 4.79 Å². The molecule has 2 rings (SSSR count). The minimum absolute atomic E-state index is 0.322. The summed E-state index contributed by atoms with van der Waals surface area (Å²) in [6, 6.07) is 6.79. The summed E-state index contributed by atoms with van der Waals surface area (Å²) in [6.45, 7) is 1.84. The zero-order valence-corrected chi connectivity index (χ0v) is 13.2. The molecule has 0 aliphatic rings. The molecule has 0 atom stereocenters. The lowest BCUT2D eigenvalue weighted by atomic mass is 10.2. The highest BCUT2D eigenvalue weighted by Crippen LogP contribution is 2.35. The fourth-order valence-corrected chi connectivity index (χ4v) is 2.06. The summed E-state index contributed by atoms with van der Waals surface area (Å²) in [6.07, 6.45) is 2.96. The molecule has 0 fully saturated rings. The van der Waals surface area contributed by atoms with E-state index in [-0.39, 0.29) is 5.91 Å². The minimum atomic E-state index is -0.322. The average Bonchev–Trinajstić information content (AvgIpc) is 2.92. The maximum Gasteiger partial charge on any atom is 0.248 e. The van der Waals surface area contributed by atoms with Gasteiger partial charge in [-0.15, -0.1) is 0 Å². The van der Waals surface area contributed by atoms with Gasteiger partial charge in [0.15, 0.2) is 0 Å². The van der Waals surface area contributed by atoms with Crippen molar-refractivity contribution in [3.63, 3.8) is 0 Å². The van der Waals surface area contributed by atoms with Gasteiger partial charge in [-0.05, 0) is 25.1 Å². The number of nitrogens with one attached hydrogen (secondary N) is 1. The number of methoxy groups -OCH3 is 2. The SMILES string of the molecule is COc1cc(NC(=O)C=Cc2ccc(C)o2)c(OC)cc1Cl.